The second-order valence-electron chi connectivity index (χ2n) is 3.53. The summed E-state index contributed by atoms with van der Waals surface area (Å²) >= 11 is 0. The molecule has 17 heavy (non-hydrogen) atoms. The Morgan fingerprint density at radius 2 is 2.18 bits per heavy atom. The van der Waals surface area contributed by atoms with E-state index in [-0.39, 0.29) is 5.82 Å². The van der Waals surface area contributed by atoms with Crippen LogP contribution in [0, 0.1) is 5.82 Å². The van der Waals surface area contributed by atoms with Crippen LogP contribution in [0.4, 0.5) is 21.7 Å². The highest BCUT2D eigenvalue weighted by Gasteiger charge is 2.09. The largest absolute Gasteiger partial charge is 0.382 e. The van der Waals surface area contributed by atoms with E-state index in [1.807, 2.05) is 17.9 Å². The van der Waals surface area contributed by atoms with E-state index in [9.17, 15) is 4.39 Å². The van der Waals surface area contributed by atoms with Crippen molar-refractivity contribution in [3.8, 4) is 0 Å². The quantitative estimate of drug-likeness (QED) is 0.882. The van der Waals surface area contributed by atoms with E-state index in [4.69, 9.17) is 5.73 Å². The third-order valence-corrected chi connectivity index (χ3v) is 2.35. The van der Waals surface area contributed by atoms with Crippen molar-refractivity contribution >= 4 is 17.3 Å². The zero-order chi connectivity index (χ0) is 12.3. The minimum atomic E-state index is -0.280. The number of hydrogen-bond donors (Lipinski definition) is 1. The van der Waals surface area contributed by atoms with Crippen molar-refractivity contribution in [3.05, 3.63) is 42.5 Å². The van der Waals surface area contributed by atoms with Gasteiger partial charge in [-0.05, 0) is 25.1 Å². The standard InChI is InChI=1S/C12H13FN4/c1-2-17(10-5-3-4-9(13)6-10)12-8-15-7-11(14)16-12/h3-8H,2H2,1H3,(H2,14,16). The molecule has 1 aromatic heterocycles. The predicted molar refractivity (Wildman–Crippen MR) is 65.5 cm³/mol. The number of benzene rings is 1. The molecule has 0 atom stereocenters. The molecule has 88 valence electrons. The lowest BCUT2D eigenvalue weighted by atomic mass is 10.3. The Bertz CT molecular complexity index is 470. The summed E-state index contributed by atoms with van der Waals surface area (Å²) in [6, 6.07) is 6.33. The van der Waals surface area contributed by atoms with Crippen LogP contribution < -0.4 is 10.6 Å². The predicted octanol–water partition coefficient (Wildman–Crippen LogP) is 2.36. The first-order valence-electron chi connectivity index (χ1n) is 5.31. The maximum atomic E-state index is 13.2. The van der Waals surface area contributed by atoms with Crippen LogP contribution >= 0.6 is 0 Å². The third kappa shape index (κ3) is 2.50. The fourth-order valence-electron chi connectivity index (χ4n) is 1.62. The lowest BCUT2D eigenvalue weighted by Crippen LogP contribution is -2.18. The van der Waals surface area contributed by atoms with Crippen molar-refractivity contribution in [1.29, 1.82) is 0 Å². The van der Waals surface area contributed by atoms with Crippen LogP contribution in [0.15, 0.2) is 36.7 Å². The van der Waals surface area contributed by atoms with Crippen molar-refractivity contribution in [2.24, 2.45) is 0 Å². The molecule has 0 bridgehead atoms. The van der Waals surface area contributed by atoms with E-state index in [1.165, 1.54) is 18.3 Å². The number of halogens is 1. The Morgan fingerprint density at radius 3 is 2.82 bits per heavy atom. The molecule has 0 aliphatic carbocycles. The average molecular weight is 232 g/mol. The number of anilines is 3. The van der Waals surface area contributed by atoms with Crippen LogP contribution in [-0.4, -0.2) is 16.5 Å². The highest BCUT2D eigenvalue weighted by atomic mass is 19.1. The summed E-state index contributed by atoms with van der Waals surface area (Å²) in [6.45, 7) is 2.61. The third-order valence-electron chi connectivity index (χ3n) is 2.35. The zero-order valence-corrected chi connectivity index (χ0v) is 9.47. The molecule has 1 aromatic carbocycles. The monoisotopic (exact) mass is 232 g/mol. The van der Waals surface area contributed by atoms with E-state index in [0.717, 1.165) is 5.69 Å². The fourth-order valence-corrected chi connectivity index (χ4v) is 1.62. The highest BCUT2D eigenvalue weighted by Crippen LogP contribution is 2.23. The van der Waals surface area contributed by atoms with Crippen LogP contribution in [0.5, 0.6) is 0 Å². The van der Waals surface area contributed by atoms with E-state index in [1.54, 1.807) is 12.3 Å². The van der Waals surface area contributed by atoms with Crippen LogP contribution in [0.25, 0.3) is 0 Å². The van der Waals surface area contributed by atoms with Gasteiger partial charge in [-0.15, -0.1) is 0 Å². The summed E-state index contributed by atoms with van der Waals surface area (Å²) in [4.78, 5) is 9.99. The normalized spacial score (nSPS) is 10.2. The van der Waals surface area contributed by atoms with Gasteiger partial charge < -0.3 is 10.6 Å². The molecule has 2 N–H and O–H groups in total. The van der Waals surface area contributed by atoms with Gasteiger partial charge in [0, 0.05) is 12.2 Å². The van der Waals surface area contributed by atoms with Gasteiger partial charge in [0.15, 0.2) is 5.82 Å². The molecule has 0 spiro atoms. The van der Waals surface area contributed by atoms with Gasteiger partial charge >= 0.3 is 0 Å². The first kappa shape index (κ1) is 11.3. The molecule has 0 radical (unpaired) electrons. The summed E-state index contributed by atoms with van der Waals surface area (Å²) < 4.78 is 13.2. The molecular formula is C12H13FN4. The molecule has 0 saturated heterocycles. The highest BCUT2D eigenvalue weighted by molar-refractivity contribution is 5.60. The molecule has 0 aliphatic heterocycles. The zero-order valence-electron chi connectivity index (χ0n) is 9.47. The van der Waals surface area contributed by atoms with E-state index < -0.39 is 0 Å². The first-order valence-corrected chi connectivity index (χ1v) is 5.31. The first-order chi connectivity index (χ1) is 8.20. The lowest BCUT2D eigenvalue weighted by Gasteiger charge is -2.21. The molecule has 1 heterocycles. The molecule has 0 fully saturated rings. The Balaban J connectivity index is 2.40. The SMILES string of the molecule is CCN(c1cccc(F)c1)c1cncc(N)n1. The summed E-state index contributed by atoms with van der Waals surface area (Å²) in [5.74, 6) is 0.674. The number of rotatable bonds is 3. The minimum absolute atomic E-state index is 0.280. The van der Waals surface area contributed by atoms with Gasteiger partial charge in [0.1, 0.15) is 11.6 Å². The van der Waals surface area contributed by atoms with Gasteiger partial charge in [0.2, 0.25) is 0 Å². The molecule has 2 rings (SSSR count). The molecule has 0 saturated carbocycles. The number of nitrogen functional groups attached to an aromatic ring is 1. The van der Waals surface area contributed by atoms with Gasteiger partial charge in [-0.1, -0.05) is 6.07 Å². The molecule has 5 heteroatoms. The molecular weight excluding hydrogens is 219 g/mol. The van der Waals surface area contributed by atoms with E-state index in [0.29, 0.717) is 18.2 Å². The minimum Gasteiger partial charge on any atom is -0.382 e. The van der Waals surface area contributed by atoms with Gasteiger partial charge in [0.25, 0.3) is 0 Å². The second kappa shape index (κ2) is 4.78. The Labute approximate surface area is 98.9 Å². The Morgan fingerprint density at radius 1 is 1.35 bits per heavy atom. The summed E-state index contributed by atoms with van der Waals surface area (Å²) in [5, 5.41) is 0. The van der Waals surface area contributed by atoms with Gasteiger partial charge in [-0.2, -0.15) is 0 Å². The molecule has 2 aromatic rings. The molecule has 0 unspecified atom stereocenters. The number of hydrogen-bond acceptors (Lipinski definition) is 4. The van der Waals surface area contributed by atoms with Gasteiger partial charge in [-0.3, -0.25) is 4.98 Å². The number of nitrogens with zero attached hydrogens (tertiary/aromatic N) is 3. The van der Waals surface area contributed by atoms with Crippen molar-refractivity contribution in [2.75, 3.05) is 17.2 Å². The van der Waals surface area contributed by atoms with Crippen LogP contribution in [0.3, 0.4) is 0 Å². The van der Waals surface area contributed by atoms with Crippen molar-refractivity contribution in [3.63, 3.8) is 0 Å². The van der Waals surface area contributed by atoms with Crippen LogP contribution in [0.1, 0.15) is 6.92 Å². The lowest BCUT2D eigenvalue weighted by molar-refractivity contribution is 0.627. The average Bonchev–Trinajstić information content (AvgIpc) is 2.30. The molecule has 0 amide bonds. The van der Waals surface area contributed by atoms with Crippen molar-refractivity contribution in [2.45, 2.75) is 6.92 Å². The second-order valence-corrected chi connectivity index (χ2v) is 3.53. The van der Waals surface area contributed by atoms with E-state index in [2.05, 4.69) is 9.97 Å². The maximum absolute atomic E-state index is 13.2. The molecule has 0 aliphatic rings. The Kier molecular flexibility index (Phi) is 3.18. The van der Waals surface area contributed by atoms with E-state index >= 15 is 0 Å². The van der Waals surface area contributed by atoms with Crippen molar-refractivity contribution < 1.29 is 4.39 Å². The summed E-state index contributed by atoms with van der Waals surface area (Å²) in [6.07, 6.45) is 3.08. The smallest absolute Gasteiger partial charge is 0.153 e. The summed E-state index contributed by atoms with van der Waals surface area (Å²) in [5.41, 5.74) is 6.31. The van der Waals surface area contributed by atoms with Crippen molar-refractivity contribution in [1.82, 2.24) is 9.97 Å². The van der Waals surface area contributed by atoms with Gasteiger partial charge in [0.05, 0.1) is 12.4 Å². The Hall–Kier alpha value is -2.17. The van der Waals surface area contributed by atoms with Crippen LogP contribution in [-0.2, 0) is 0 Å². The fraction of sp³-hybridized carbons (Fsp3) is 0.167. The topological polar surface area (TPSA) is 55.0 Å². The number of nitrogens with two attached hydrogens (primary N) is 1. The summed E-state index contributed by atoms with van der Waals surface area (Å²) in [7, 11) is 0. The molecule has 4 nitrogen and oxygen atoms in total. The number of aromatic nitrogens is 2. The van der Waals surface area contributed by atoms with Crippen LogP contribution in [0.2, 0.25) is 0 Å². The van der Waals surface area contributed by atoms with Gasteiger partial charge in [-0.25, -0.2) is 9.37 Å². The maximum Gasteiger partial charge on any atom is 0.153 e.